The molecule has 0 amide bonds. The Morgan fingerprint density at radius 2 is 0.307 bits per heavy atom. The van der Waals surface area contributed by atoms with Gasteiger partial charge in [-0.05, 0) is 323 Å². The van der Waals surface area contributed by atoms with Gasteiger partial charge >= 0.3 is 0 Å². The highest BCUT2D eigenvalue weighted by Crippen LogP contribution is 2.52. The lowest BCUT2D eigenvalue weighted by Gasteiger charge is -2.28. The van der Waals surface area contributed by atoms with Crippen molar-refractivity contribution in [2.45, 2.75) is 0 Å². The van der Waals surface area contributed by atoms with Gasteiger partial charge < -0.3 is 19.6 Å². The Bertz CT molecular complexity index is 10100. The third-order valence-corrected chi connectivity index (χ3v) is 32.6. The van der Waals surface area contributed by atoms with E-state index in [1.807, 2.05) is 22.7 Å². The van der Waals surface area contributed by atoms with Crippen LogP contribution in [-0.2, 0) is 0 Å². The highest BCUT2D eigenvalue weighted by atomic mass is 32.1. The quantitative estimate of drug-likeness (QED) is 0.0794. The number of para-hydroxylation sites is 4. The molecule has 4 nitrogen and oxygen atoms in total. The molecule has 0 saturated heterocycles. The van der Waals surface area contributed by atoms with E-state index in [1.54, 1.807) is 0 Å². The van der Waals surface area contributed by atoms with Gasteiger partial charge in [0.05, 0.1) is 11.4 Å². The molecule has 0 aliphatic carbocycles. The molecule has 150 heavy (non-hydrogen) atoms. The Morgan fingerprint density at radius 3 is 0.640 bits per heavy atom. The topological polar surface area (TPSA) is 13.0 Å². The molecule has 0 aliphatic rings. The molecule has 27 aromatic carbocycles. The molecular formula is C144H94N4S2. The predicted octanol–water partition coefficient (Wildman–Crippen LogP) is 42.4. The molecule has 0 radical (unpaired) electrons. The lowest BCUT2D eigenvalue weighted by molar-refractivity contribution is 1.29. The van der Waals surface area contributed by atoms with Crippen molar-refractivity contribution in [3.8, 4) is 66.8 Å². The molecule has 0 saturated carbocycles. The minimum absolute atomic E-state index is 1.08. The molecule has 0 fully saturated rings. The number of hydrogen-bond donors (Lipinski definition) is 0. The monoisotopic (exact) mass is 1940 g/mol. The van der Waals surface area contributed by atoms with Gasteiger partial charge in [0.2, 0.25) is 0 Å². The van der Waals surface area contributed by atoms with Crippen LogP contribution in [0.5, 0.6) is 0 Å². The molecule has 0 spiro atoms. The Morgan fingerprint density at radius 1 is 0.100 bits per heavy atom. The van der Waals surface area contributed by atoms with Crippen LogP contribution in [0.3, 0.4) is 0 Å². The van der Waals surface area contributed by atoms with Gasteiger partial charge in [-0.2, -0.15) is 0 Å². The van der Waals surface area contributed by atoms with Crippen molar-refractivity contribution >= 4 is 228 Å². The molecule has 0 bridgehead atoms. The van der Waals surface area contributed by atoms with E-state index >= 15 is 0 Å². The van der Waals surface area contributed by atoms with Crippen molar-refractivity contribution < 1.29 is 0 Å². The zero-order valence-corrected chi connectivity index (χ0v) is 83.5. The summed E-state index contributed by atoms with van der Waals surface area (Å²) < 4.78 is 5.30. The van der Waals surface area contributed by atoms with E-state index < -0.39 is 0 Å². The smallest absolute Gasteiger partial charge is 0.0540 e. The number of rotatable bonds is 18. The summed E-state index contributed by atoms with van der Waals surface area (Å²) in [7, 11) is 0. The first-order valence-corrected chi connectivity index (χ1v) is 53.0. The number of thiophene rings is 2. The molecule has 0 atom stereocenters. The predicted molar refractivity (Wildman–Crippen MR) is 648 cm³/mol. The van der Waals surface area contributed by atoms with E-state index in [-0.39, 0.29) is 0 Å². The van der Waals surface area contributed by atoms with E-state index in [2.05, 4.69) is 590 Å². The van der Waals surface area contributed by atoms with Crippen LogP contribution in [0.4, 0.5) is 68.2 Å². The fourth-order valence-electron chi connectivity index (χ4n) is 23.2. The summed E-state index contributed by atoms with van der Waals surface area (Å²) in [6.07, 6.45) is 0. The highest BCUT2D eigenvalue weighted by molar-refractivity contribution is 7.26. The molecule has 0 N–H and O–H groups in total. The molecule has 2 heterocycles. The summed E-state index contributed by atoms with van der Waals surface area (Å²) >= 11 is 3.73. The van der Waals surface area contributed by atoms with Crippen LogP contribution in [0.15, 0.2) is 570 Å². The van der Waals surface area contributed by atoms with Gasteiger partial charge in [-0.1, -0.05) is 400 Å². The van der Waals surface area contributed by atoms with Gasteiger partial charge in [-0.15, -0.1) is 22.7 Å². The third-order valence-electron chi connectivity index (χ3n) is 30.3. The van der Waals surface area contributed by atoms with Gasteiger partial charge in [-0.3, -0.25) is 0 Å². The summed E-state index contributed by atoms with van der Waals surface area (Å²) in [6, 6.07) is 209. The lowest BCUT2D eigenvalue weighted by atomic mass is 9.91. The number of benzene rings is 27. The summed E-state index contributed by atoms with van der Waals surface area (Å²) in [5.41, 5.74) is 27.7. The third kappa shape index (κ3) is 15.8. The fourth-order valence-corrected chi connectivity index (χ4v) is 25.4. The minimum Gasteiger partial charge on any atom is -0.310 e. The van der Waals surface area contributed by atoms with E-state index in [9.17, 15) is 0 Å². The van der Waals surface area contributed by atoms with Crippen molar-refractivity contribution in [2.24, 2.45) is 0 Å². The average molecular weight is 1940 g/mol. The van der Waals surface area contributed by atoms with E-state index in [0.29, 0.717) is 0 Å². The zero-order chi connectivity index (χ0) is 99.1. The maximum atomic E-state index is 2.42. The molecule has 29 rings (SSSR count). The van der Waals surface area contributed by atoms with Gasteiger partial charge in [0, 0.05) is 108 Å². The van der Waals surface area contributed by atoms with Crippen molar-refractivity contribution in [2.75, 3.05) is 19.6 Å². The average Bonchev–Trinajstić information content (AvgIpc) is 1.20. The van der Waals surface area contributed by atoms with E-state index in [0.717, 1.165) is 79.4 Å². The summed E-state index contributed by atoms with van der Waals surface area (Å²) in [5.74, 6) is 0. The Hall–Kier alpha value is -19.1. The summed E-state index contributed by atoms with van der Waals surface area (Å²) in [4.78, 5) is 9.54. The van der Waals surface area contributed by atoms with Crippen molar-refractivity contribution in [1.29, 1.82) is 0 Å². The first kappa shape index (κ1) is 88.6. The van der Waals surface area contributed by atoms with Crippen molar-refractivity contribution in [1.82, 2.24) is 0 Å². The van der Waals surface area contributed by atoms with Crippen molar-refractivity contribution in [3.63, 3.8) is 0 Å². The van der Waals surface area contributed by atoms with Crippen LogP contribution >= 0.6 is 22.7 Å². The largest absolute Gasteiger partial charge is 0.310 e. The van der Waals surface area contributed by atoms with Gasteiger partial charge in [0.15, 0.2) is 0 Å². The second-order valence-electron chi connectivity index (χ2n) is 38.8. The first-order valence-electron chi connectivity index (χ1n) is 51.4. The molecule has 2 aromatic heterocycles. The van der Waals surface area contributed by atoms with E-state index in [4.69, 9.17) is 0 Å². The molecule has 0 aliphatic heterocycles. The SMILES string of the molecule is c1ccc(N(c2ccccc2)c2ccc(-c3ccc(N(c4ccc(-c5ccc(-c6ccc7sc8ccccc8c7c6)c6ccccc56)cc4)c4ccc5c6ccccc6c6ccccc6c5c4)cc3)c3ccccc23)cc1.c1ccc(N(c2ccccc2)c2ccc(-c3ccc(N(c4ccc(-c5ccc(-c6ccc7sc8ccccc8c7c6)cc5)cc4)c4ccc5c6ccccc6c6ccccc6c5c4)cc3)c3ccccc23)cc1. The second-order valence-corrected chi connectivity index (χ2v) is 40.9. The number of hydrogen-bond acceptors (Lipinski definition) is 6. The maximum absolute atomic E-state index is 2.42. The number of anilines is 12. The van der Waals surface area contributed by atoms with Crippen LogP contribution in [0.1, 0.15) is 0 Å². The molecule has 29 aromatic rings. The first-order chi connectivity index (χ1) is 74.4. The fraction of sp³-hybridized carbons (Fsp3) is 0. The standard InChI is InChI=1S/C74H48N2S.C70H46N2S/c1-3-17-52(18-4-1)76(53-19-5-2-6-20-53)72-45-44-58(62-23-13-14-28-68(62)72)50-33-38-55(39-34-50)75(56-40-41-67-65-26-10-9-24-63(65)64-25-11-12-27-66(64)70(67)48-56)54-36-31-49(32-37-54)57-42-43-59(61-22-8-7-21-60(57)61)51-35-46-74-71(47-51)69-29-15-16-30-73(69)77-74;1-3-15-52(16-4-1)72(53-17-5-2-6-18-53)68-43-42-57(58-19-11-12-24-64(58)68)50-33-38-55(39-34-50)71(56-40-41-63-61-22-8-7-20-59(61)60-21-9-10-23-62(60)66(63)46-56)54-36-31-48(32-37-54)47-27-29-49(30-28-47)51-35-44-70-67(45-51)65-25-13-14-26-69(65)73-70/h1-48H;1-46H. The maximum Gasteiger partial charge on any atom is 0.0540 e. The van der Waals surface area contributed by atoms with Gasteiger partial charge in [-0.25, -0.2) is 0 Å². The molecule has 6 heteroatoms. The van der Waals surface area contributed by atoms with Crippen LogP contribution in [0.25, 0.3) is 204 Å². The zero-order valence-electron chi connectivity index (χ0n) is 81.9. The Balaban J connectivity index is 0.000000144. The Labute approximate surface area is 877 Å². The number of fused-ring (bicyclic) bond motifs is 21. The normalized spacial score (nSPS) is 11.6. The molecular weight excluding hydrogens is 1850 g/mol. The minimum atomic E-state index is 1.08. The molecule has 0 unspecified atom stereocenters. The number of nitrogens with zero attached hydrogens (tertiary/aromatic N) is 4. The summed E-state index contributed by atoms with van der Waals surface area (Å²) in [6.45, 7) is 0. The van der Waals surface area contributed by atoms with Crippen LogP contribution in [0, 0.1) is 0 Å². The van der Waals surface area contributed by atoms with Gasteiger partial charge in [0.1, 0.15) is 0 Å². The van der Waals surface area contributed by atoms with Crippen LogP contribution < -0.4 is 19.6 Å². The van der Waals surface area contributed by atoms with Crippen LogP contribution in [-0.4, -0.2) is 0 Å². The second kappa shape index (κ2) is 37.8. The highest BCUT2D eigenvalue weighted by Gasteiger charge is 2.26. The summed E-state index contributed by atoms with van der Waals surface area (Å²) in [5, 5.41) is 27.7. The lowest BCUT2D eigenvalue weighted by Crippen LogP contribution is -2.10. The van der Waals surface area contributed by atoms with Gasteiger partial charge in [0.25, 0.3) is 0 Å². The molecule has 702 valence electrons. The van der Waals surface area contributed by atoms with Crippen LogP contribution in [0.2, 0.25) is 0 Å². The van der Waals surface area contributed by atoms with Crippen molar-refractivity contribution in [3.05, 3.63) is 570 Å². The Kier molecular flexibility index (Phi) is 22.3. The van der Waals surface area contributed by atoms with E-state index in [1.165, 1.54) is 193 Å².